The van der Waals surface area contributed by atoms with Crippen molar-refractivity contribution in [2.24, 2.45) is 0 Å². The molecule has 0 spiro atoms. The molecule has 0 nitrogen and oxygen atoms in total. The number of hydrogen-bond donors (Lipinski definition) is 0. The summed E-state index contributed by atoms with van der Waals surface area (Å²) in [6, 6.07) is 7.95. The van der Waals surface area contributed by atoms with Gasteiger partial charge in [0.15, 0.2) is 0 Å². The summed E-state index contributed by atoms with van der Waals surface area (Å²) in [5.74, 6) is 0. The van der Waals surface area contributed by atoms with Crippen LogP contribution in [0.3, 0.4) is 0 Å². The first kappa shape index (κ1) is 15.5. The van der Waals surface area contributed by atoms with Gasteiger partial charge in [-0.2, -0.15) is 0 Å². The maximum atomic E-state index is 6.43. The molecule has 0 saturated heterocycles. The third kappa shape index (κ3) is 2.77. The molecule has 2 aromatic carbocycles. The van der Waals surface area contributed by atoms with Crippen LogP contribution in [0.1, 0.15) is 0 Å². The quantitative estimate of drug-likeness (QED) is 0.237. The van der Waals surface area contributed by atoms with Gasteiger partial charge in [-0.05, 0) is 75.3 Å². The summed E-state index contributed by atoms with van der Waals surface area (Å²) >= 11 is 24.1. The standard InChI is InChI=1S/C12H4Br5Cl/c13-6-4-2-1-3-5(6)7-8(14)9(15)10(16)11(17)12(7)18/h1-4H. The Morgan fingerprint density at radius 1 is 0.722 bits per heavy atom. The van der Waals surface area contributed by atoms with E-state index in [1.54, 1.807) is 0 Å². The first-order valence-electron chi connectivity index (χ1n) is 4.71. The Balaban J connectivity index is 2.85. The van der Waals surface area contributed by atoms with Gasteiger partial charge in [0.1, 0.15) is 0 Å². The molecule has 6 heteroatoms. The number of benzene rings is 2. The van der Waals surface area contributed by atoms with Crippen LogP contribution in [0, 0.1) is 0 Å². The Hall–Kier alpha value is 1.13. The van der Waals surface area contributed by atoms with Gasteiger partial charge in [0, 0.05) is 23.5 Å². The fraction of sp³-hybridized carbons (Fsp3) is 0. The summed E-state index contributed by atoms with van der Waals surface area (Å²) in [6.45, 7) is 0. The van der Waals surface area contributed by atoms with E-state index in [1.165, 1.54) is 0 Å². The minimum atomic E-state index is 0.656. The lowest BCUT2D eigenvalue weighted by Crippen LogP contribution is -1.88. The minimum Gasteiger partial charge on any atom is -0.0823 e. The highest BCUT2D eigenvalue weighted by Gasteiger charge is 2.20. The summed E-state index contributed by atoms with van der Waals surface area (Å²) in [7, 11) is 0. The van der Waals surface area contributed by atoms with Crippen LogP contribution in [0.4, 0.5) is 0 Å². The Kier molecular flexibility index (Phi) is 5.40. The first-order chi connectivity index (χ1) is 8.45. The van der Waals surface area contributed by atoms with Gasteiger partial charge in [0.25, 0.3) is 0 Å². The third-order valence-electron chi connectivity index (χ3n) is 2.35. The molecular formula is C12H4Br5Cl. The van der Waals surface area contributed by atoms with Gasteiger partial charge >= 0.3 is 0 Å². The average Bonchev–Trinajstić information content (AvgIpc) is 2.36. The van der Waals surface area contributed by atoms with E-state index in [0.29, 0.717) is 5.02 Å². The minimum absolute atomic E-state index is 0.656. The summed E-state index contributed by atoms with van der Waals surface area (Å²) in [6.07, 6.45) is 0. The van der Waals surface area contributed by atoms with Crippen molar-refractivity contribution in [3.05, 3.63) is 51.7 Å². The molecule has 0 aliphatic heterocycles. The predicted molar refractivity (Wildman–Crippen MR) is 95.4 cm³/mol. The van der Waals surface area contributed by atoms with Crippen molar-refractivity contribution in [3.8, 4) is 11.1 Å². The van der Waals surface area contributed by atoms with Crippen molar-refractivity contribution < 1.29 is 0 Å². The maximum absolute atomic E-state index is 6.43. The molecule has 2 aromatic rings. The zero-order valence-corrected chi connectivity index (χ0v) is 17.3. The average molecular weight is 583 g/mol. The number of hydrogen-bond acceptors (Lipinski definition) is 0. The molecule has 0 bridgehead atoms. The van der Waals surface area contributed by atoms with Crippen molar-refractivity contribution in [2.75, 3.05) is 0 Å². The predicted octanol–water partition coefficient (Wildman–Crippen LogP) is 7.82. The van der Waals surface area contributed by atoms with Gasteiger partial charge in [-0.25, -0.2) is 0 Å². The fourth-order valence-electron chi connectivity index (χ4n) is 1.51. The van der Waals surface area contributed by atoms with Crippen LogP contribution < -0.4 is 0 Å². The van der Waals surface area contributed by atoms with Gasteiger partial charge in [0.2, 0.25) is 0 Å². The molecule has 18 heavy (non-hydrogen) atoms. The Morgan fingerprint density at radius 2 is 1.28 bits per heavy atom. The molecule has 0 aromatic heterocycles. The summed E-state index contributed by atoms with van der Waals surface area (Å²) in [4.78, 5) is 0. The van der Waals surface area contributed by atoms with E-state index in [-0.39, 0.29) is 0 Å². The van der Waals surface area contributed by atoms with Crippen LogP contribution in [-0.2, 0) is 0 Å². The molecule has 0 aliphatic rings. The fourth-order valence-corrected chi connectivity index (χ4v) is 4.84. The van der Waals surface area contributed by atoms with Gasteiger partial charge < -0.3 is 0 Å². The maximum Gasteiger partial charge on any atom is 0.0650 e. The largest absolute Gasteiger partial charge is 0.0823 e. The Bertz CT molecular complexity index is 595. The van der Waals surface area contributed by atoms with Crippen molar-refractivity contribution in [1.29, 1.82) is 0 Å². The van der Waals surface area contributed by atoms with Crippen LogP contribution >= 0.6 is 91.3 Å². The molecule has 2 rings (SSSR count). The second kappa shape index (κ2) is 6.27. The van der Waals surface area contributed by atoms with E-state index in [0.717, 1.165) is 33.5 Å². The Morgan fingerprint density at radius 3 is 1.89 bits per heavy atom. The lowest BCUT2D eigenvalue weighted by molar-refractivity contribution is 1.47. The molecule has 0 amide bonds. The molecule has 0 fully saturated rings. The summed E-state index contributed by atoms with van der Waals surface area (Å²) in [5, 5.41) is 0.656. The molecule has 0 radical (unpaired) electrons. The highest BCUT2D eigenvalue weighted by Crippen LogP contribution is 2.49. The zero-order chi connectivity index (χ0) is 13.4. The van der Waals surface area contributed by atoms with Crippen LogP contribution in [0.5, 0.6) is 0 Å². The molecule has 0 unspecified atom stereocenters. The molecule has 0 heterocycles. The van der Waals surface area contributed by atoms with E-state index in [2.05, 4.69) is 79.6 Å². The Labute approximate surface area is 152 Å². The van der Waals surface area contributed by atoms with Gasteiger partial charge in [0.05, 0.1) is 9.50 Å². The van der Waals surface area contributed by atoms with Crippen molar-refractivity contribution in [3.63, 3.8) is 0 Å². The molecule has 0 atom stereocenters. The van der Waals surface area contributed by atoms with Gasteiger partial charge in [-0.3, -0.25) is 0 Å². The highest BCUT2D eigenvalue weighted by atomic mass is 79.9. The van der Waals surface area contributed by atoms with Crippen molar-refractivity contribution >= 4 is 91.3 Å². The van der Waals surface area contributed by atoms with E-state index in [9.17, 15) is 0 Å². The molecule has 0 N–H and O–H groups in total. The number of rotatable bonds is 1. The van der Waals surface area contributed by atoms with Crippen molar-refractivity contribution in [2.45, 2.75) is 0 Å². The second-order valence-corrected chi connectivity index (χ2v) is 7.83. The first-order valence-corrected chi connectivity index (χ1v) is 9.05. The van der Waals surface area contributed by atoms with Gasteiger partial charge in [-0.1, -0.05) is 45.7 Å². The third-order valence-corrected chi connectivity index (χ3v) is 8.42. The topological polar surface area (TPSA) is 0 Å². The SMILES string of the molecule is Clc1c(Br)c(Br)c(Br)c(Br)c1-c1ccccc1Br. The molecular weight excluding hydrogens is 579 g/mol. The van der Waals surface area contributed by atoms with Crippen LogP contribution in [0.25, 0.3) is 11.1 Å². The van der Waals surface area contributed by atoms with Crippen molar-refractivity contribution in [1.82, 2.24) is 0 Å². The zero-order valence-electron chi connectivity index (χ0n) is 8.58. The smallest absolute Gasteiger partial charge is 0.0650 e. The lowest BCUT2D eigenvalue weighted by atomic mass is 10.1. The van der Waals surface area contributed by atoms with E-state index in [1.807, 2.05) is 24.3 Å². The monoisotopic (exact) mass is 578 g/mol. The molecule has 0 saturated carbocycles. The normalized spacial score (nSPS) is 10.8. The molecule has 94 valence electrons. The van der Waals surface area contributed by atoms with Crippen LogP contribution in [0.15, 0.2) is 46.6 Å². The van der Waals surface area contributed by atoms with Crippen LogP contribution in [0.2, 0.25) is 5.02 Å². The van der Waals surface area contributed by atoms with E-state index >= 15 is 0 Å². The summed E-state index contributed by atoms with van der Waals surface area (Å²) in [5.41, 5.74) is 1.97. The van der Waals surface area contributed by atoms with E-state index in [4.69, 9.17) is 11.6 Å². The second-order valence-electron chi connectivity index (χ2n) is 3.42. The lowest BCUT2D eigenvalue weighted by Gasteiger charge is -2.14. The summed E-state index contributed by atoms with van der Waals surface area (Å²) < 4.78 is 4.54. The number of halogens is 6. The van der Waals surface area contributed by atoms with E-state index < -0.39 is 0 Å². The molecule has 0 aliphatic carbocycles. The van der Waals surface area contributed by atoms with Crippen LogP contribution in [-0.4, -0.2) is 0 Å². The van der Waals surface area contributed by atoms with Gasteiger partial charge in [-0.15, -0.1) is 0 Å². The highest BCUT2D eigenvalue weighted by molar-refractivity contribution is 9.15.